The van der Waals surface area contributed by atoms with Crippen LogP contribution in [0.1, 0.15) is 35.7 Å². The molecule has 1 N–H and O–H groups in total. The van der Waals surface area contributed by atoms with E-state index in [0.29, 0.717) is 23.1 Å². The molecule has 0 saturated carbocycles. The normalized spacial score (nSPS) is 13.7. The molecule has 2 aromatic heterocycles. The van der Waals surface area contributed by atoms with Gasteiger partial charge in [-0.1, -0.05) is 6.58 Å². The van der Waals surface area contributed by atoms with Crippen LogP contribution in [0.5, 0.6) is 0 Å². The zero-order valence-corrected chi connectivity index (χ0v) is 14.9. The summed E-state index contributed by atoms with van der Waals surface area (Å²) in [6.45, 7) is 7.16. The summed E-state index contributed by atoms with van der Waals surface area (Å²) in [6.07, 6.45) is 3.99. The Bertz CT molecular complexity index is 875. The molecule has 128 valence electrons. The monoisotopic (exact) mass is 331 g/mol. The molecule has 0 saturated heterocycles. The van der Waals surface area contributed by atoms with Gasteiger partial charge in [0.15, 0.2) is 0 Å². The predicted molar refractivity (Wildman–Crippen MR) is 96.8 cm³/mol. The highest BCUT2D eigenvalue weighted by atomic mass is 19.1. The maximum absolute atomic E-state index is 13.6. The second-order valence-electron chi connectivity index (χ2n) is 6.88. The van der Waals surface area contributed by atoms with Crippen molar-refractivity contribution in [3.63, 3.8) is 0 Å². The van der Waals surface area contributed by atoms with Crippen LogP contribution >= 0.6 is 0 Å². The molecule has 5 nitrogen and oxygen atoms in total. The molecule has 0 aliphatic heterocycles. The Hall–Kier alpha value is -2.31. The van der Waals surface area contributed by atoms with Crippen molar-refractivity contribution in [1.82, 2.24) is 14.5 Å². The zero-order valence-electron chi connectivity index (χ0n) is 14.9. The van der Waals surface area contributed by atoms with Crippen molar-refractivity contribution in [1.29, 1.82) is 0 Å². The molecule has 0 spiro atoms. The largest absolute Gasteiger partial charge is 0.349 e. The van der Waals surface area contributed by atoms with Crippen molar-refractivity contribution in [3.8, 4) is 0 Å². The lowest BCUT2D eigenvalue weighted by molar-refractivity contribution is 0.0965. The number of pyridine rings is 1. The van der Waals surface area contributed by atoms with Gasteiger partial charge in [0.2, 0.25) is 0 Å². The highest BCUT2D eigenvalue weighted by Gasteiger charge is 2.20. The van der Waals surface area contributed by atoms with Crippen LogP contribution in [0.3, 0.4) is 0 Å². The van der Waals surface area contributed by atoms with E-state index in [1.807, 2.05) is 6.92 Å². The number of aromatic nitrogens is 2. The van der Waals surface area contributed by atoms with Gasteiger partial charge in [0, 0.05) is 32.2 Å². The standard InChI is InChI=1S/C17H23BFN3O2/c1-10-8-22(5)16(24)13-12(9-21(4)14(10)13)15(23)20-11(2)6-7-17(3,18)19/h8-9H,2,6-7,18H2,1,3-5H3,(H,20,23). The van der Waals surface area contributed by atoms with E-state index in [1.54, 1.807) is 31.1 Å². The van der Waals surface area contributed by atoms with Crippen LogP contribution < -0.4 is 10.9 Å². The summed E-state index contributed by atoms with van der Waals surface area (Å²) in [5.41, 5.74) is 0.840. The van der Waals surface area contributed by atoms with Gasteiger partial charge in [-0.3, -0.25) is 14.0 Å². The van der Waals surface area contributed by atoms with Crippen molar-refractivity contribution in [3.05, 3.63) is 46.2 Å². The Balaban J connectivity index is 2.34. The zero-order chi connectivity index (χ0) is 18.2. The summed E-state index contributed by atoms with van der Waals surface area (Å²) in [4.78, 5) is 25.0. The molecule has 2 heterocycles. The molecule has 0 radical (unpaired) electrons. The third-order valence-corrected chi connectivity index (χ3v) is 4.03. The van der Waals surface area contributed by atoms with E-state index in [9.17, 15) is 14.0 Å². The lowest BCUT2D eigenvalue weighted by Crippen LogP contribution is -2.26. The number of allylic oxidation sites excluding steroid dienone is 1. The average molecular weight is 331 g/mol. The first-order valence-electron chi connectivity index (χ1n) is 7.84. The molecule has 0 bridgehead atoms. The molecule has 7 heteroatoms. The number of amides is 1. The smallest absolute Gasteiger partial charge is 0.260 e. The van der Waals surface area contributed by atoms with Gasteiger partial charge in [0.25, 0.3) is 11.5 Å². The number of halogens is 1. The summed E-state index contributed by atoms with van der Waals surface area (Å²) in [6, 6.07) is 0. The van der Waals surface area contributed by atoms with Crippen LogP contribution in [0.2, 0.25) is 0 Å². The van der Waals surface area contributed by atoms with Gasteiger partial charge in [-0.15, -0.1) is 0 Å². The summed E-state index contributed by atoms with van der Waals surface area (Å²) in [7, 11) is 4.94. The fourth-order valence-electron chi connectivity index (χ4n) is 2.82. The number of aryl methyl sites for hydroxylation is 3. The Morgan fingerprint density at radius 2 is 2.00 bits per heavy atom. The van der Waals surface area contributed by atoms with Gasteiger partial charge in [0.05, 0.1) is 22.0 Å². The molecule has 0 aromatic carbocycles. The fourth-order valence-corrected chi connectivity index (χ4v) is 2.82. The van der Waals surface area contributed by atoms with Crippen molar-refractivity contribution in [2.75, 3.05) is 0 Å². The second kappa shape index (κ2) is 6.30. The van der Waals surface area contributed by atoms with Crippen molar-refractivity contribution < 1.29 is 9.18 Å². The van der Waals surface area contributed by atoms with Crippen LogP contribution in [0.4, 0.5) is 4.39 Å². The Kier molecular flexibility index (Phi) is 4.74. The summed E-state index contributed by atoms with van der Waals surface area (Å²) in [5.74, 6) is -0.398. The SMILES string of the molecule is BC(C)(F)CCC(=C)NC(=O)c1cn(C)c2c(C)cn(C)c(=O)c12. The lowest BCUT2D eigenvalue weighted by Gasteiger charge is -2.15. The van der Waals surface area contributed by atoms with Crippen LogP contribution in [0.25, 0.3) is 10.9 Å². The maximum atomic E-state index is 13.6. The van der Waals surface area contributed by atoms with E-state index < -0.39 is 11.5 Å². The van der Waals surface area contributed by atoms with Crippen LogP contribution in [0, 0.1) is 6.92 Å². The third-order valence-electron chi connectivity index (χ3n) is 4.03. The van der Waals surface area contributed by atoms with Gasteiger partial charge in [-0.25, -0.2) is 0 Å². The van der Waals surface area contributed by atoms with E-state index >= 15 is 0 Å². The Morgan fingerprint density at radius 1 is 1.38 bits per heavy atom. The molecular formula is C17H23BFN3O2. The number of carbonyl (C=O) groups is 1. The number of nitrogens with one attached hydrogen (secondary N) is 1. The number of rotatable bonds is 5. The second-order valence-corrected chi connectivity index (χ2v) is 6.88. The molecule has 0 aliphatic carbocycles. The molecule has 2 rings (SSSR count). The van der Waals surface area contributed by atoms with Gasteiger partial charge >= 0.3 is 0 Å². The molecular weight excluding hydrogens is 308 g/mol. The van der Waals surface area contributed by atoms with Gasteiger partial charge < -0.3 is 14.5 Å². The van der Waals surface area contributed by atoms with Crippen molar-refractivity contribution in [2.24, 2.45) is 14.1 Å². The van der Waals surface area contributed by atoms with Gasteiger partial charge in [-0.2, -0.15) is 0 Å². The predicted octanol–water partition coefficient (Wildman–Crippen LogP) is 1.53. The minimum absolute atomic E-state index is 0.225. The van der Waals surface area contributed by atoms with E-state index in [0.717, 1.165) is 11.1 Å². The Labute approximate surface area is 141 Å². The molecule has 24 heavy (non-hydrogen) atoms. The number of hydrogen-bond acceptors (Lipinski definition) is 2. The summed E-state index contributed by atoms with van der Waals surface area (Å²) >= 11 is 0. The number of alkyl halides is 1. The highest BCUT2D eigenvalue weighted by molar-refractivity contribution is 6.14. The van der Waals surface area contributed by atoms with Gasteiger partial charge in [0.1, 0.15) is 7.85 Å². The first-order chi connectivity index (χ1) is 11.0. The number of carbonyl (C=O) groups excluding carboxylic acids is 1. The topological polar surface area (TPSA) is 56.0 Å². The molecule has 0 fully saturated rings. The van der Waals surface area contributed by atoms with E-state index in [2.05, 4.69) is 11.9 Å². The number of nitrogens with zero attached hydrogens (tertiary/aromatic N) is 2. The van der Waals surface area contributed by atoms with E-state index in [4.69, 9.17) is 0 Å². The summed E-state index contributed by atoms with van der Waals surface area (Å²) < 4.78 is 16.8. The first kappa shape index (κ1) is 18.0. The maximum Gasteiger partial charge on any atom is 0.260 e. The number of hydrogen-bond donors (Lipinski definition) is 1. The fraction of sp³-hybridized carbons (Fsp3) is 0.412. The molecule has 0 aliphatic rings. The lowest BCUT2D eigenvalue weighted by atomic mass is 9.81. The van der Waals surface area contributed by atoms with Crippen LogP contribution in [0.15, 0.2) is 29.5 Å². The van der Waals surface area contributed by atoms with Crippen molar-refractivity contribution >= 4 is 24.7 Å². The summed E-state index contributed by atoms with van der Waals surface area (Å²) in [5, 5.41) is 3.06. The van der Waals surface area contributed by atoms with Crippen LogP contribution in [-0.4, -0.2) is 28.5 Å². The minimum Gasteiger partial charge on any atom is -0.349 e. The molecule has 1 atom stereocenters. The molecule has 2 aromatic rings. The van der Waals surface area contributed by atoms with E-state index in [-0.39, 0.29) is 12.0 Å². The minimum atomic E-state index is -1.32. The van der Waals surface area contributed by atoms with E-state index in [1.165, 1.54) is 19.3 Å². The Morgan fingerprint density at radius 3 is 2.58 bits per heavy atom. The van der Waals surface area contributed by atoms with Crippen LogP contribution in [-0.2, 0) is 14.1 Å². The average Bonchev–Trinajstić information content (AvgIpc) is 2.80. The quantitative estimate of drug-likeness (QED) is 0.845. The molecule has 1 amide bonds. The highest BCUT2D eigenvalue weighted by Crippen LogP contribution is 2.21. The van der Waals surface area contributed by atoms with Crippen molar-refractivity contribution in [2.45, 2.75) is 32.3 Å². The third kappa shape index (κ3) is 3.61. The first-order valence-corrected chi connectivity index (χ1v) is 7.84. The van der Waals surface area contributed by atoms with Gasteiger partial charge in [-0.05, 0) is 32.3 Å². The molecule has 1 unspecified atom stereocenters. The number of fused-ring (bicyclic) bond motifs is 1.